The molecule has 3 heterocycles. The van der Waals surface area contributed by atoms with Gasteiger partial charge in [-0.3, -0.25) is 9.97 Å². The Labute approximate surface area is 287 Å². The Balaban J connectivity index is 1.61. The van der Waals surface area contributed by atoms with Crippen LogP contribution in [0.3, 0.4) is 0 Å². The number of nitrogens with zero attached hydrogens (tertiary/aromatic N) is 4. The molecule has 8 bridgehead atoms. The molecule has 0 saturated heterocycles. The molecule has 6 aromatic carbocycles. The monoisotopic (exact) mass is 648 g/mol. The van der Waals surface area contributed by atoms with E-state index < -0.39 is 0 Å². The third-order valence-corrected chi connectivity index (χ3v) is 9.80. The largest absolute Gasteiger partial charge is 0.507 e. The summed E-state index contributed by atoms with van der Waals surface area (Å²) in [5.74, 6) is 0.223. The van der Waals surface area contributed by atoms with Gasteiger partial charge in [-0.2, -0.15) is 0 Å². The number of fused-ring (bicyclic) bond motifs is 14. The summed E-state index contributed by atoms with van der Waals surface area (Å²) in [6, 6.07) is 36.2. The second-order valence-corrected chi connectivity index (χ2v) is 13.2. The molecule has 0 aliphatic rings. The van der Waals surface area contributed by atoms with Gasteiger partial charge >= 0.3 is 0 Å². The summed E-state index contributed by atoms with van der Waals surface area (Å²) in [5.41, 5.74) is 7.29. The molecule has 0 spiro atoms. The molecule has 0 saturated carbocycles. The number of aromatic hydroxyl groups is 2. The quantitative estimate of drug-likeness (QED) is 0.159. The standard InChI is InChI=1S/C44H32N4O2/c1-23-19-33-25(3)45-41-31-11-7-5-9-29(31)30-10-6-8-12-32(30)42(41)46-26(4)34-20-24(2)22-36(44(34)50)38-18-16-28-14-13-27-15-17-37(35(21-23)43(33)49)47-39(27)40(28)48-38/h5-22,49-50H,1-4H3. The van der Waals surface area contributed by atoms with E-state index in [2.05, 4.69) is 24.3 Å². The van der Waals surface area contributed by atoms with Crippen LogP contribution in [0.2, 0.25) is 0 Å². The molecule has 0 aliphatic carbocycles. The number of aromatic nitrogens is 4. The number of hydrogen-bond acceptors (Lipinski definition) is 6. The molecule has 9 aromatic rings. The highest BCUT2D eigenvalue weighted by molar-refractivity contribution is 6.23. The maximum Gasteiger partial charge on any atom is 0.134 e. The zero-order valence-corrected chi connectivity index (χ0v) is 28.1. The minimum Gasteiger partial charge on any atom is -0.507 e. The van der Waals surface area contributed by atoms with Crippen LogP contribution in [0, 0.1) is 27.7 Å². The molecule has 50 heavy (non-hydrogen) atoms. The van der Waals surface area contributed by atoms with Crippen LogP contribution in [0.15, 0.2) is 109 Å². The van der Waals surface area contributed by atoms with Crippen LogP contribution in [0.4, 0.5) is 0 Å². The normalized spacial score (nSPS) is 11.8. The van der Waals surface area contributed by atoms with Crippen molar-refractivity contribution in [1.29, 1.82) is 0 Å². The lowest BCUT2D eigenvalue weighted by atomic mass is 9.99. The van der Waals surface area contributed by atoms with Crippen LogP contribution in [-0.2, 0) is 0 Å². The minimum atomic E-state index is 0.111. The summed E-state index contributed by atoms with van der Waals surface area (Å²) in [4.78, 5) is 20.8. The van der Waals surface area contributed by atoms with Crippen molar-refractivity contribution in [1.82, 2.24) is 19.9 Å². The van der Waals surface area contributed by atoms with Gasteiger partial charge in [0.15, 0.2) is 0 Å². The molecule has 0 radical (unpaired) electrons. The molecule has 240 valence electrons. The van der Waals surface area contributed by atoms with Crippen molar-refractivity contribution in [2.75, 3.05) is 0 Å². The van der Waals surface area contributed by atoms with Crippen LogP contribution >= 0.6 is 0 Å². The van der Waals surface area contributed by atoms with E-state index in [4.69, 9.17) is 19.9 Å². The van der Waals surface area contributed by atoms with Crippen LogP contribution in [0.5, 0.6) is 11.5 Å². The number of phenols is 2. The third kappa shape index (κ3) is 4.56. The highest BCUT2D eigenvalue weighted by Crippen LogP contribution is 2.37. The number of phenolic OH excluding ortho intramolecular Hbond substituents is 2. The topological polar surface area (TPSA) is 92.0 Å². The van der Waals surface area contributed by atoms with E-state index in [1.54, 1.807) is 0 Å². The number of rotatable bonds is 0. The fourth-order valence-electron chi connectivity index (χ4n) is 7.35. The van der Waals surface area contributed by atoms with E-state index in [1.807, 2.05) is 113 Å². The van der Waals surface area contributed by atoms with Gasteiger partial charge in [-0.05, 0) is 86.0 Å². The predicted molar refractivity (Wildman–Crippen MR) is 206 cm³/mol. The highest BCUT2D eigenvalue weighted by atomic mass is 16.3. The maximum absolute atomic E-state index is 11.9. The van der Waals surface area contributed by atoms with Gasteiger partial charge in [0.2, 0.25) is 0 Å². The fraction of sp³-hybridized carbons (Fsp3) is 0.0909. The van der Waals surface area contributed by atoms with E-state index in [0.717, 1.165) is 43.4 Å². The Kier molecular flexibility index (Phi) is 6.58. The molecule has 0 aliphatic heterocycles. The van der Waals surface area contributed by atoms with Crippen LogP contribution in [-0.4, -0.2) is 30.1 Å². The first-order chi connectivity index (χ1) is 24.2. The van der Waals surface area contributed by atoms with Gasteiger partial charge in [-0.15, -0.1) is 0 Å². The van der Waals surface area contributed by atoms with Gasteiger partial charge in [0, 0.05) is 54.5 Å². The SMILES string of the molecule is Cc1cc2c(C)nc3c4ccccc4c4ccccc4c3nc(C)c3cc(C)cc(c3O)c3ccc4ccc5ccc(nc5c4n3)c(c1)c2O. The van der Waals surface area contributed by atoms with Crippen molar-refractivity contribution < 1.29 is 10.2 Å². The van der Waals surface area contributed by atoms with Gasteiger partial charge in [0.25, 0.3) is 0 Å². The molecular formula is C44H32N4O2. The predicted octanol–water partition coefficient (Wildman–Crippen LogP) is 10.8. The summed E-state index contributed by atoms with van der Waals surface area (Å²) in [7, 11) is 0. The van der Waals surface area contributed by atoms with Gasteiger partial charge in [0.1, 0.15) is 11.5 Å². The lowest BCUT2D eigenvalue weighted by Gasteiger charge is -2.10. The van der Waals surface area contributed by atoms with E-state index >= 15 is 0 Å². The Bertz CT molecular complexity index is 2850. The molecule has 0 unspecified atom stereocenters. The van der Waals surface area contributed by atoms with Gasteiger partial charge in [-0.25, -0.2) is 9.97 Å². The van der Waals surface area contributed by atoms with Crippen molar-refractivity contribution in [3.05, 3.63) is 132 Å². The van der Waals surface area contributed by atoms with Crippen molar-refractivity contribution in [3.63, 3.8) is 0 Å². The summed E-state index contributed by atoms with van der Waals surface area (Å²) in [5, 5.41) is 32.2. The lowest BCUT2D eigenvalue weighted by molar-refractivity contribution is 0.486. The molecule has 6 heteroatoms. The Morgan fingerprint density at radius 2 is 0.720 bits per heavy atom. The van der Waals surface area contributed by atoms with Crippen molar-refractivity contribution in [2.45, 2.75) is 27.7 Å². The first-order valence-electron chi connectivity index (χ1n) is 16.7. The number of aryl methyl sites for hydroxylation is 4. The molecular weight excluding hydrogens is 617 g/mol. The average Bonchev–Trinajstić information content (AvgIpc) is 3.13. The number of hydrogen-bond donors (Lipinski definition) is 2. The Hall–Kier alpha value is -6.40. The van der Waals surface area contributed by atoms with E-state index in [-0.39, 0.29) is 11.5 Å². The molecule has 0 atom stereocenters. The Morgan fingerprint density at radius 3 is 1.14 bits per heavy atom. The van der Waals surface area contributed by atoms with E-state index in [0.29, 0.717) is 66.0 Å². The molecule has 2 N–H and O–H groups in total. The molecule has 6 nitrogen and oxygen atoms in total. The number of pyridine rings is 2. The van der Waals surface area contributed by atoms with E-state index in [1.165, 1.54) is 0 Å². The average molecular weight is 649 g/mol. The zero-order valence-electron chi connectivity index (χ0n) is 28.1. The second-order valence-electron chi connectivity index (χ2n) is 13.2. The van der Waals surface area contributed by atoms with Gasteiger partial charge in [0.05, 0.1) is 33.1 Å². The van der Waals surface area contributed by atoms with E-state index in [9.17, 15) is 10.2 Å². The minimum absolute atomic E-state index is 0.111. The van der Waals surface area contributed by atoms with Crippen molar-refractivity contribution in [2.24, 2.45) is 0 Å². The van der Waals surface area contributed by atoms with Crippen LogP contribution in [0.1, 0.15) is 22.5 Å². The van der Waals surface area contributed by atoms with Crippen LogP contribution in [0.25, 0.3) is 87.0 Å². The molecule has 0 fully saturated rings. The summed E-state index contributed by atoms with van der Waals surface area (Å²) >= 11 is 0. The maximum atomic E-state index is 11.9. The smallest absolute Gasteiger partial charge is 0.134 e. The molecule has 9 rings (SSSR count). The number of benzene rings is 6. The van der Waals surface area contributed by atoms with Crippen LogP contribution < -0.4 is 0 Å². The van der Waals surface area contributed by atoms with Gasteiger partial charge < -0.3 is 10.2 Å². The third-order valence-electron chi connectivity index (χ3n) is 9.80. The summed E-state index contributed by atoms with van der Waals surface area (Å²) in [6.45, 7) is 7.88. The second kappa shape index (κ2) is 11.1. The first-order valence-corrected chi connectivity index (χ1v) is 16.7. The molecule has 0 amide bonds. The van der Waals surface area contributed by atoms with Crippen molar-refractivity contribution in [3.8, 4) is 11.5 Å². The first kappa shape index (κ1) is 29.7. The lowest BCUT2D eigenvalue weighted by Crippen LogP contribution is -1.91. The summed E-state index contributed by atoms with van der Waals surface area (Å²) < 4.78 is 0. The van der Waals surface area contributed by atoms with Crippen molar-refractivity contribution >= 4 is 87.0 Å². The molecule has 3 aromatic heterocycles. The fourth-order valence-corrected chi connectivity index (χ4v) is 7.35. The van der Waals surface area contributed by atoms with Gasteiger partial charge in [-0.1, -0.05) is 72.8 Å². The highest BCUT2D eigenvalue weighted by Gasteiger charge is 2.14. The Morgan fingerprint density at radius 1 is 0.360 bits per heavy atom. The summed E-state index contributed by atoms with van der Waals surface area (Å²) in [6.07, 6.45) is 0. The zero-order chi connectivity index (χ0) is 34.3.